The highest BCUT2D eigenvalue weighted by molar-refractivity contribution is 7.89. The van der Waals surface area contributed by atoms with Crippen LogP contribution in [-0.4, -0.2) is 38.9 Å². The highest BCUT2D eigenvalue weighted by Crippen LogP contribution is 2.20. The number of carbonyl (C=O) groups excluding carboxylic acids is 2. The smallest absolute Gasteiger partial charge is 0.251 e. The lowest BCUT2D eigenvalue weighted by molar-refractivity contribution is -0.120. The van der Waals surface area contributed by atoms with Crippen LogP contribution in [0.25, 0.3) is 0 Å². The van der Waals surface area contributed by atoms with Crippen molar-refractivity contribution < 1.29 is 22.4 Å². The first-order valence-electron chi connectivity index (χ1n) is 11.4. The first kappa shape index (κ1) is 27.0. The van der Waals surface area contributed by atoms with Crippen molar-refractivity contribution in [2.24, 2.45) is 0 Å². The molecule has 190 valence electrons. The maximum atomic E-state index is 13.5. The van der Waals surface area contributed by atoms with E-state index in [-0.39, 0.29) is 16.9 Å². The minimum absolute atomic E-state index is 0.0764. The molecule has 0 radical (unpaired) electrons. The van der Waals surface area contributed by atoms with Crippen molar-refractivity contribution in [2.45, 2.75) is 43.7 Å². The Morgan fingerprint density at radius 1 is 0.917 bits per heavy atom. The number of sulfonamides is 1. The summed E-state index contributed by atoms with van der Waals surface area (Å²) < 4.78 is 41.0. The molecule has 0 aliphatic carbocycles. The number of rotatable bonds is 8. The summed E-state index contributed by atoms with van der Waals surface area (Å²) >= 11 is 0. The van der Waals surface area contributed by atoms with Crippen molar-refractivity contribution in [3.05, 3.63) is 95.8 Å². The minimum Gasteiger partial charge on any atom is -0.340 e. The van der Waals surface area contributed by atoms with Gasteiger partial charge in [0.05, 0.1) is 4.90 Å². The van der Waals surface area contributed by atoms with E-state index in [0.717, 1.165) is 5.56 Å². The van der Waals surface area contributed by atoms with E-state index in [9.17, 15) is 22.4 Å². The average Bonchev–Trinajstić information content (AvgIpc) is 2.82. The number of hydrogen-bond acceptors (Lipinski definition) is 4. The molecule has 3 aromatic carbocycles. The number of amides is 2. The van der Waals surface area contributed by atoms with Gasteiger partial charge in [0, 0.05) is 30.3 Å². The number of nitrogens with zero attached hydrogens (tertiary/aromatic N) is 1. The number of anilines is 1. The van der Waals surface area contributed by atoms with Gasteiger partial charge >= 0.3 is 0 Å². The summed E-state index contributed by atoms with van der Waals surface area (Å²) in [6.07, 6.45) is 0.235. The molecule has 2 N–H and O–H groups in total. The van der Waals surface area contributed by atoms with Crippen molar-refractivity contribution in [1.82, 2.24) is 10.0 Å². The summed E-state index contributed by atoms with van der Waals surface area (Å²) in [6.45, 7) is 5.25. The Kier molecular flexibility index (Phi) is 8.27. The second-order valence-electron chi connectivity index (χ2n) is 9.47. The third-order valence-electron chi connectivity index (χ3n) is 5.30. The van der Waals surface area contributed by atoms with E-state index in [1.807, 2.05) is 30.3 Å². The first-order valence-corrected chi connectivity index (χ1v) is 12.9. The monoisotopic (exact) mass is 511 g/mol. The van der Waals surface area contributed by atoms with Crippen LogP contribution in [0.15, 0.2) is 83.8 Å². The zero-order valence-electron chi connectivity index (χ0n) is 20.7. The molecule has 0 fully saturated rings. The van der Waals surface area contributed by atoms with Gasteiger partial charge in [0.15, 0.2) is 0 Å². The van der Waals surface area contributed by atoms with Gasteiger partial charge in [-0.1, -0.05) is 30.3 Å². The van der Waals surface area contributed by atoms with Gasteiger partial charge in [0.25, 0.3) is 5.91 Å². The molecule has 36 heavy (non-hydrogen) atoms. The summed E-state index contributed by atoms with van der Waals surface area (Å²) in [5.74, 6) is -1.36. The Bertz CT molecular complexity index is 1300. The van der Waals surface area contributed by atoms with E-state index >= 15 is 0 Å². The number of benzene rings is 3. The Labute approximate surface area is 211 Å². The number of hydrogen-bond donors (Lipinski definition) is 2. The molecule has 0 saturated carbocycles. The van der Waals surface area contributed by atoms with E-state index in [1.54, 1.807) is 27.8 Å². The molecular formula is C27H30FN3O4S. The Morgan fingerprint density at radius 2 is 1.50 bits per heavy atom. The zero-order valence-corrected chi connectivity index (χ0v) is 21.5. The highest BCUT2D eigenvalue weighted by atomic mass is 32.2. The quantitative estimate of drug-likeness (QED) is 0.479. The van der Waals surface area contributed by atoms with E-state index in [4.69, 9.17) is 0 Å². The fraction of sp³-hybridized carbons (Fsp3) is 0.259. The third kappa shape index (κ3) is 7.22. The molecular weight excluding hydrogens is 481 g/mol. The molecule has 0 bridgehead atoms. The lowest BCUT2D eigenvalue weighted by Gasteiger charge is -2.25. The summed E-state index contributed by atoms with van der Waals surface area (Å²) in [6, 6.07) is 19.3. The number of halogens is 1. The highest BCUT2D eigenvalue weighted by Gasteiger charge is 2.27. The molecule has 1 atom stereocenters. The summed E-state index contributed by atoms with van der Waals surface area (Å²) in [7, 11) is -2.17. The van der Waals surface area contributed by atoms with Crippen molar-refractivity contribution in [2.75, 3.05) is 11.9 Å². The van der Waals surface area contributed by atoms with Crippen molar-refractivity contribution in [3.63, 3.8) is 0 Å². The van der Waals surface area contributed by atoms with E-state index in [2.05, 4.69) is 10.0 Å². The van der Waals surface area contributed by atoms with Gasteiger partial charge in [0.2, 0.25) is 15.9 Å². The van der Waals surface area contributed by atoms with Crippen LogP contribution in [0.1, 0.15) is 36.7 Å². The summed E-state index contributed by atoms with van der Waals surface area (Å²) in [4.78, 5) is 27.7. The third-order valence-corrected chi connectivity index (χ3v) is 7.07. The fourth-order valence-corrected chi connectivity index (χ4v) is 4.98. The van der Waals surface area contributed by atoms with Crippen LogP contribution in [0.4, 0.5) is 10.1 Å². The summed E-state index contributed by atoms with van der Waals surface area (Å²) in [5, 5.41) is 2.75. The molecule has 0 aliphatic heterocycles. The van der Waals surface area contributed by atoms with Crippen molar-refractivity contribution in [1.29, 1.82) is 0 Å². The van der Waals surface area contributed by atoms with Crippen LogP contribution in [0.2, 0.25) is 0 Å². The van der Waals surface area contributed by atoms with Crippen LogP contribution in [-0.2, 0) is 21.2 Å². The maximum Gasteiger partial charge on any atom is 0.251 e. The molecule has 7 nitrogen and oxygen atoms in total. The SMILES string of the molecule is CN(C(=O)C(Cc1ccccc1)NC(=O)c1ccc(F)cc1)c1ccc(S(=O)(=O)NC(C)(C)C)cc1. The molecule has 0 aliphatic rings. The zero-order chi connectivity index (χ0) is 26.5. The summed E-state index contributed by atoms with van der Waals surface area (Å²) in [5.41, 5.74) is 0.894. The molecule has 0 aromatic heterocycles. The van der Waals surface area contributed by atoms with Gasteiger partial charge in [-0.2, -0.15) is 0 Å². The van der Waals surface area contributed by atoms with Gasteiger partial charge in [-0.05, 0) is 74.9 Å². The average molecular weight is 512 g/mol. The van der Waals surface area contributed by atoms with Gasteiger partial charge < -0.3 is 10.2 Å². The van der Waals surface area contributed by atoms with Crippen molar-refractivity contribution >= 4 is 27.5 Å². The normalized spacial score (nSPS) is 12.6. The molecule has 3 rings (SSSR count). The fourth-order valence-electron chi connectivity index (χ4n) is 3.56. The molecule has 1 unspecified atom stereocenters. The van der Waals surface area contributed by atoms with Gasteiger partial charge in [0.1, 0.15) is 11.9 Å². The van der Waals surface area contributed by atoms with Gasteiger partial charge in [-0.25, -0.2) is 17.5 Å². The predicted octanol–water partition coefficient (Wildman–Crippen LogP) is 3.91. The number of carbonyl (C=O) groups is 2. The van der Waals surface area contributed by atoms with Crippen LogP contribution in [0.5, 0.6) is 0 Å². The van der Waals surface area contributed by atoms with E-state index in [1.165, 1.54) is 53.4 Å². The number of likely N-dealkylation sites (N-methyl/N-ethyl adjacent to an activating group) is 1. The second kappa shape index (κ2) is 11.0. The molecule has 2 amide bonds. The minimum atomic E-state index is -3.72. The Hall–Kier alpha value is -3.56. The van der Waals surface area contributed by atoms with Crippen molar-refractivity contribution in [3.8, 4) is 0 Å². The lowest BCUT2D eigenvalue weighted by Crippen LogP contribution is -2.48. The van der Waals surface area contributed by atoms with Crippen LogP contribution < -0.4 is 14.9 Å². The molecule has 0 spiro atoms. The molecule has 9 heteroatoms. The maximum absolute atomic E-state index is 13.5. The lowest BCUT2D eigenvalue weighted by atomic mass is 10.0. The van der Waals surface area contributed by atoms with Gasteiger partial charge in [-0.15, -0.1) is 0 Å². The molecule has 0 heterocycles. The largest absolute Gasteiger partial charge is 0.340 e. The van der Waals surface area contributed by atoms with Gasteiger partial charge in [-0.3, -0.25) is 9.59 Å². The molecule has 0 saturated heterocycles. The number of nitrogens with one attached hydrogen (secondary N) is 2. The van der Waals surface area contributed by atoms with Crippen LogP contribution >= 0.6 is 0 Å². The van der Waals surface area contributed by atoms with Crippen LogP contribution in [0.3, 0.4) is 0 Å². The van der Waals surface area contributed by atoms with Crippen LogP contribution in [0, 0.1) is 5.82 Å². The second-order valence-corrected chi connectivity index (χ2v) is 11.2. The topological polar surface area (TPSA) is 95.6 Å². The predicted molar refractivity (Wildman–Crippen MR) is 138 cm³/mol. The Balaban J connectivity index is 1.83. The molecule has 3 aromatic rings. The van der Waals surface area contributed by atoms with E-state index < -0.39 is 39.2 Å². The first-order chi connectivity index (χ1) is 16.9. The standard InChI is InChI=1S/C27H30FN3O4S/c1-27(2,3)30-36(34,35)23-16-14-22(15-17-23)31(4)26(33)24(18-19-8-6-5-7-9-19)29-25(32)20-10-12-21(28)13-11-20/h5-17,24,30H,18H2,1-4H3,(H,29,32). The van der Waals surface area contributed by atoms with E-state index in [0.29, 0.717) is 5.69 Å². The Morgan fingerprint density at radius 3 is 2.06 bits per heavy atom.